The molecule has 1 aliphatic carbocycles. The predicted octanol–water partition coefficient (Wildman–Crippen LogP) is 5.35. The minimum Gasteiger partial charge on any atom is -0.336 e. The maximum atomic E-state index is 13.5. The molecule has 2 heterocycles. The molecule has 1 aromatic carbocycles. The molecule has 8 heteroatoms. The van der Waals surface area contributed by atoms with Crippen LogP contribution in [-0.4, -0.2) is 15.9 Å². The minimum atomic E-state index is -0.400. The van der Waals surface area contributed by atoms with Crippen molar-refractivity contribution in [2.24, 2.45) is 0 Å². The van der Waals surface area contributed by atoms with Crippen LogP contribution in [0.5, 0.6) is 0 Å². The molecule has 4 rings (SSSR count). The summed E-state index contributed by atoms with van der Waals surface area (Å²) >= 11 is 0. The van der Waals surface area contributed by atoms with E-state index in [-0.39, 0.29) is 5.91 Å². The van der Waals surface area contributed by atoms with Crippen LogP contribution in [0.15, 0.2) is 61.1 Å². The average molecular weight is 475 g/mol. The van der Waals surface area contributed by atoms with Crippen LogP contribution in [0, 0.1) is 18.3 Å². The first kappa shape index (κ1) is 23.3. The Morgan fingerprint density at radius 3 is 2.52 bits per heavy atom. The quantitative estimate of drug-likeness (QED) is 0.449. The molecular formula is C25H27N5OP2. The second kappa shape index (κ2) is 9.96. The number of rotatable bonds is 6. The van der Waals surface area contributed by atoms with Crippen molar-refractivity contribution in [2.45, 2.75) is 44.6 Å². The van der Waals surface area contributed by atoms with Crippen molar-refractivity contribution >= 4 is 36.2 Å². The molecule has 1 saturated carbocycles. The van der Waals surface area contributed by atoms with E-state index in [2.05, 4.69) is 40.9 Å². The van der Waals surface area contributed by atoms with Gasteiger partial charge < -0.3 is 4.67 Å². The molecule has 1 aliphatic rings. The molecule has 6 nitrogen and oxygen atoms in total. The van der Waals surface area contributed by atoms with Crippen LogP contribution in [0.1, 0.15) is 52.7 Å². The monoisotopic (exact) mass is 475 g/mol. The van der Waals surface area contributed by atoms with Crippen molar-refractivity contribution in [3.8, 4) is 6.07 Å². The number of carbonyl (C=O) groups is 1. The second-order valence-electron chi connectivity index (χ2n) is 8.44. The van der Waals surface area contributed by atoms with Crippen LogP contribution >= 0.6 is 18.8 Å². The molecule has 0 radical (unpaired) electrons. The number of pyridine rings is 2. The summed E-state index contributed by atoms with van der Waals surface area (Å²) in [6, 6.07) is 16.0. The predicted molar refractivity (Wildman–Crippen MR) is 138 cm³/mol. The Balaban J connectivity index is 1.60. The summed E-state index contributed by atoms with van der Waals surface area (Å²) in [6.45, 7) is 2.56. The molecule has 2 unspecified atom stereocenters. The van der Waals surface area contributed by atoms with Crippen molar-refractivity contribution in [1.29, 1.82) is 5.26 Å². The first-order valence-electron chi connectivity index (χ1n) is 10.9. The van der Waals surface area contributed by atoms with Crippen molar-refractivity contribution in [3.63, 3.8) is 0 Å². The summed E-state index contributed by atoms with van der Waals surface area (Å²) in [4.78, 5) is 22.0. The van der Waals surface area contributed by atoms with Crippen LogP contribution in [0.4, 0.5) is 11.5 Å². The van der Waals surface area contributed by atoms with Crippen LogP contribution in [0.3, 0.4) is 0 Å². The van der Waals surface area contributed by atoms with Gasteiger partial charge in [-0.05, 0) is 85.6 Å². The van der Waals surface area contributed by atoms with Gasteiger partial charge >= 0.3 is 0 Å². The van der Waals surface area contributed by atoms with Crippen LogP contribution < -0.4 is 9.34 Å². The number of aromatic nitrogens is 2. The smallest absolute Gasteiger partial charge is 0.264 e. The van der Waals surface area contributed by atoms with E-state index in [1.165, 1.54) is 0 Å². The summed E-state index contributed by atoms with van der Waals surface area (Å²) in [5, 5.41) is 9.83. The molecule has 2 aromatic heterocycles. The number of anilines is 2. The van der Waals surface area contributed by atoms with Gasteiger partial charge in [-0.15, -0.1) is 0 Å². The highest BCUT2D eigenvalue weighted by atomic mass is 31.0. The molecule has 0 bridgehead atoms. The van der Waals surface area contributed by atoms with Gasteiger partial charge in [0.15, 0.2) is 0 Å². The number of nitriles is 1. The van der Waals surface area contributed by atoms with Crippen LogP contribution in [0.2, 0.25) is 0 Å². The van der Waals surface area contributed by atoms with E-state index in [0.29, 0.717) is 17.9 Å². The number of carbonyl (C=O) groups excluding carboxylic acids is 1. The van der Waals surface area contributed by atoms with Crippen LogP contribution in [0.25, 0.3) is 0 Å². The standard InChI is InChI=1S/C25H27N5OP2/c1-18-15-20(25(17-26)10-2-3-11-25)6-7-22(18)30(33)24(31)21-5-4-12-28-23(21)29(32)16-19-8-13-27-14-9-19/h4-9,12-15H,2-3,10-11,16,32-33H2,1H3. The summed E-state index contributed by atoms with van der Waals surface area (Å²) in [6.07, 6.45) is 9.13. The Labute approximate surface area is 199 Å². The Morgan fingerprint density at radius 2 is 1.85 bits per heavy atom. The third kappa shape index (κ3) is 4.76. The molecule has 2 atom stereocenters. The molecule has 0 aliphatic heterocycles. The van der Waals surface area contributed by atoms with E-state index in [9.17, 15) is 10.1 Å². The third-order valence-electron chi connectivity index (χ3n) is 6.29. The maximum Gasteiger partial charge on any atom is 0.264 e. The van der Waals surface area contributed by atoms with Crippen molar-refractivity contribution in [1.82, 2.24) is 9.97 Å². The Hall–Kier alpha value is -2.86. The topological polar surface area (TPSA) is 73.1 Å². The van der Waals surface area contributed by atoms with Gasteiger partial charge in [-0.2, -0.15) is 5.26 Å². The summed E-state index contributed by atoms with van der Waals surface area (Å²) < 4.78 is 3.46. The van der Waals surface area contributed by atoms with Crippen molar-refractivity contribution < 1.29 is 4.79 Å². The van der Waals surface area contributed by atoms with Gasteiger partial charge in [0.25, 0.3) is 5.91 Å². The highest BCUT2D eigenvalue weighted by Gasteiger charge is 2.36. The average Bonchev–Trinajstić information content (AvgIpc) is 3.34. The maximum absolute atomic E-state index is 13.5. The van der Waals surface area contributed by atoms with E-state index in [0.717, 1.165) is 48.1 Å². The number of hydrogen-bond acceptors (Lipinski definition) is 5. The highest BCUT2D eigenvalue weighted by Crippen LogP contribution is 2.42. The lowest BCUT2D eigenvalue weighted by atomic mass is 9.80. The number of nitrogens with zero attached hydrogens (tertiary/aromatic N) is 5. The Bertz CT molecular complexity index is 1190. The lowest BCUT2D eigenvalue weighted by molar-refractivity contribution is 0.101. The number of benzene rings is 1. The van der Waals surface area contributed by atoms with Gasteiger partial charge in [0.1, 0.15) is 5.82 Å². The Kier molecular flexibility index (Phi) is 7.03. The summed E-state index contributed by atoms with van der Waals surface area (Å²) in [5.41, 5.74) is 3.97. The third-order valence-corrected chi connectivity index (χ3v) is 7.23. The van der Waals surface area contributed by atoms with Crippen molar-refractivity contribution in [3.05, 3.63) is 83.3 Å². The fraction of sp³-hybridized carbons (Fsp3) is 0.280. The van der Waals surface area contributed by atoms with Crippen LogP contribution in [-0.2, 0) is 12.0 Å². The fourth-order valence-electron chi connectivity index (χ4n) is 4.46. The molecule has 1 amide bonds. The molecule has 33 heavy (non-hydrogen) atoms. The zero-order valence-electron chi connectivity index (χ0n) is 18.6. The number of hydrogen-bond donors (Lipinski definition) is 0. The molecule has 0 N–H and O–H groups in total. The fourth-order valence-corrected chi connectivity index (χ4v) is 5.30. The molecule has 168 valence electrons. The van der Waals surface area contributed by atoms with Gasteiger partial charge in [-0.25, -0.2) is 4.98 Å². The zero-order chi connectivity index (χ0) is 23.4. The van der Waals surface area contributed by atoms with E-state index >= 15 is 0 Å². The van der Waals surface area contributed by atoms with Crippen molar-refractivity contribution in [2.75, 3.05) is 9.34 Å². The van der Waals surface area contributed by atoms with Gasteiger partial charge in [0, 0.05) is 25.1 Å². The SMILES string of the molecule is Cc1cc(C2(C#N)CCCC2)ccc1N(P)C(=O)c1cccnc1N(P)Cc1ccncc1. The molecule has 0 spiro atoms. The highest BCUT2D eigenvalue weighted by molar-refractivity contribution is 7.21. The first-order valence-corrected chi connectivity index (χ1v) is 12.0. The largest absolute Gasteiger partial charge is 0.336 e. The first-order chi connectivity index (χ1) is 15.9. The lowest BCUT2D eigenvalue weighted by Gasteiger charge is -2.26. The number of aryl methyl sites for hydroxylation is 1. The van der Waals surface area contributed by atoms with E-state index in [4.69, 9.17) is 0 Å². The van der Waals surface area contributed by atoms with Gasteiger partial charge in [-0.1, -0.05) is 25.0 Å². The molecule has 1 fully saturated rings. The van der Waals surface area contributed by atoms with Gasteiger partial charge in [-0.3, -0.25) is 14.4 Å². The lowest BCUT2D eigenvalue weighted by Crippen LogP contribution is -2.25. The van der Waals surface area contributed by atoms with Gasteiger partial charge in [0.2, 0.25) is 0 Å². The van der Waals surface area contributed by atoms with E-state index in [1.54, 1.807) is 35.4 Å². The van der Waals surface area contributed by atoms with E-state index in [1.807, 2.05) is 35.9 Å². The summed E-state index contributed by atoms with van der Waals surface area (Å²) in [5.74, 6) is 0.414. The molecule has 3 aromatic rings. The van der Waals surface area contributed by atoms with Gasteiger partial charge in [0.05, 0.1) is 22.7 Å². The summed E-state index contributed by atoms with van der Waals surface area (Å²) in [7, 11) is 5.19. The van der Waals surface area contributed by atoms with E-state index < -0.39 is 5.41 Å². The molecular weight excluding hydrogens is 448 g/mol. The molecule has 0 saturated heterocycles. The second-order valence-corrected chi connectivity index (χ2v) is 9.58. The zero-order valence-corrected chi connectivity index (χ0v) is 20.9. The minimum absolute atomic E-state index is 0.169. The normalized spacial score (nSPS) is 14.5. The Morgan fingerprint density at radius 1 is 1.12 bits per heavy atom. The number of amides is 1.